The molecule has 1 N–H and O–H groups in total. The zero-order valence-corrected chi connectivity index (χ0v) is 10.7. The summed E-state index contributed by atoms with van der Waals surface area (Å²) in [6.07, 6.45) is 0. The Labute approximate surface area is 99.1 Å². The van der Waals surface area contributed by atoms with Crippen molar-refractivity contribution in [2.75, 3.05) is 26.4 Å². The van der Waals surface area contributed by atoms with Crippen molar-refractivity contribution in [2.45, 2.75) is 27.7 Å². The number of hydrogen-bond donors (Lipinski definition) is 1. The summed E-state index contributed by atoms with van der Waals surface area (Å²) in [5.74, 6) is 0. The van der Waals surface area contributed by atoms with Crippen LogP contribution in [-0.2, 0) is 14.0 Å². The molecule has 1 heterocycles. The SMILES string of the molecule is CC(C)(CO)CO[B]B1OCC(C)(C)CO1. The maximum absolute atomic E-state index is 9.04. The van der Waals surface area contributed by atoms with E-state index in [1.54, 1.807) is 7.37 Å². The van der Waals surface area contributed by atoms with E-state index in [9.17, 15) is 0 Å². The molecule has 1 rings (SSSR count). The number of aliphatic hydroxyl groups is 1. The molecular formula is C10H21B2O4. The van der Waals surface area contributed by atoms with Crippen LogP contribution < -0.4 is 0 Å². The molecule has 0 aromatic rings. The lowest BCUT2D eigenvalue weighted by Gasteiger charge is -2.33. The maximum Gasteiger partial charge on any atom is 0.438 e. The number of aliphatic hydroxyl groups excluding tert-OH is 1. The molecule has 0 aromatic heterocycles. The van der Waals surface area contributed by atoms with Crippen LogP contribution in [-0.4, -0.2) is 45.9 Å². The predicted molar refractivity (Wildman–Crippen MR) is 64.0 cm³/mol. The zero-order chi connectivity index (χ0) is 12.2. The first-order chi connectivity index (χ1) is 7.35. The van der Waals surface area contributed by atoms with Crippen molar-refractivity contribution in [3.05, 3.63) is 0 Å². The van der Waals surface area contributed by atoms with E-state index >= 15 is 0 Å². The summed E-state index contributed by atoms with van der Waals surface area (Å²) in [6.45, 7) is 9.95. The summed E-state index contributed by atoms with van der Waals surface area (Å²) in [6, 6.07) is 0. The average Bonchev–Trinajstić information content (AvgIpc) is 2.20. The normalized spacial score (nSPS) is 20.9. The summed E-state index contributed by atoms with van der Waals surface area (Å²) in [4.78, 5) is 0. The minimum absolute atomic E-state index is 0.0781. The van der Waals surface area contributed by atoms with Crippen LogP contribution >= 0.6 is 0 Å². The van der Waals surface area contributed by atoms with Gasteiger partial charge in [0.2, 0.25) is 0 Å². The van der Waals surface area contributed by atoms with Gasteiger partial charge in [0.15, 0.2) is 0 Å². The van der Waals surface area contributed by atoms with Crippen molar-refractivity contribution < 1.29 is 19.1 Å². The first-order valence-electron chi connectivity index (χ1n) is 5.64. The van der Waals surface area contributed by atoms with Gasteiger partial charge < -0.3 is 19.1 Å². The first kappa shape index (κ1) is 14.0. The molecule has 0 aliphatic carbocycles. The molecule has 1 radical (unpaired) electrons. The molecule has 0 unspecified atom stereocenters. The van der Waals surface area contributed by atoms with Crippen LogP contribution in [0.5, 0.6) is 0 Å². The monoisotopic (exact) mass is 227 g/mol. The highest BCUT2D eigenvalue weighted by atomic mass is 16.6. The molecule has 6 heteroatoms. The van der Waals surface area contributed by atoms with Gasteiger partial charge in [-0.2, -0.15) is 0 Å². The molecule has 1 aliphatic rings. The van der Waals surface area contributed by atoms with Crippen molar-refractivity contribution in [1.29, 1.82) is 0 Å². The van der Waals surface area contributed by atoms with Crippen LogP contribution in [0.1, 0.15) is 27.7 Å². The van der Waals surface area contributed by atoms with Crippen LogP contribution in [0.4, 0.5) is 0 Å². The Morgan fingerprint density at radius 2 is 1.94 bits per heavy atom. The van der Waals surface area contributed by atoms with Gasteiger partial charge in [0.25, 0.3) is 0 Å². The van der Waals surface area contributed by atoms with Crippen LogP contribution in [0.15, 0.2) is 0 Å². The van der Waals surface area contributed by atoms with E-state index in [2.05, 4.69) is 13.8 Å². The molecule has 0 atom stereocenters. The van der Waals surface area contributed by atoms with Gasteiger partial charge in [0.1, 0.15) is 0 Å². The average molecular weight is 227 g/mol. The molecule has 4 nitrogen and oxygen atoms in total. The second kappa shape index (κ2) is 5.54. The Kier molecular flexibility index (Phi) is 4.86. The molecule has 0 spiro atoms. The Morgan fingerprint density at radius 3 is 2.44 bits per heavy atom. The highest BCUT2D eigenvalue weighted by Crippen LogP contribution is 2.21. The molecule has 1 aliphatic heterocycles. The predicted octanol–water partition coefficient (Wildman–Crippen LogP) is 0.699. The van der Waals surface area contributed by atoms with Crippen molar-refractivity contribution >= 4 is 14.4 Å². The van der Waals surface area contributed by atoms with E-state index in [1.807, 2.05) is 13.8 Å². The third-order valence-electron chi connectivity index (χ3n) is 2.39. The van der Waals surface area contributed by atoms with Crippen LogP contribution in [0.2, 0.25) is 0 Å². The quantitative estimate of drug-likeness (QED) is 0.702. The van der Waals surface area contributed by atoms with Crippen molar-refractivity contribution in [3.63, 3.8) is 0 Å². The summed E-state index contributed by atoms with van der Waals surface area (Å²) < 4.78 is 16.3. The van der Waals surface area contributed by atoms with Gasteiger partial charge >= 0.3 is 14.4 Å². The molecule has 1 fully saturated rings. The number of hydrogen-bond acceptors (Lipinski definition) is 4. The van der Waals surface area contributed by atoms with E-state index < -0.39 is 0 Å². The fourth-order valence-electron chi connectivity index (χ4n) is 1.18. The summed E-state index contributed by atoms with van der Waals surface area (Å²) in [5.41, 5.74) is -0.154. The first-order valence-corrected chi connectivity index (χ1v) is 5.64. The van der Waals surface area contributed by atoms with Gasteiger partial charge in [-0.25, -0.2) is 0 Å². The zero-order valence-electron chi connectivity index (χ0n) is 10.7. The Bertz CT molecular complexity index is 211. The molecule has 1 saturated heterocycles. The van der Waals surface area contributed by atoms with E-state index in [4.69, 9.17) is 19.1 Å². The largest absolute Gasteiger partial charge is 0.442 e. The number of rotatable bonds is 5. The van der Waals surface area contributed by atoms with E-state index in [1.165, 1.54) is 0 Å². The summed E-state index contributed by atoms with van der Waals surface area (Å²) in [5, 5.41) is 9.04. The van der Waals surface area contributed by atoms with Crippen LogP contribution in [0, 0.1) is 10.8 Å². The van der Waals surface area contributed by atoms with E-state index in [0.717, 1.165) is 0 Å². The van der Waals surface area contributed by atoms with Gasteiger partial charge in [-0.1, -0.05) is 27.7 Å². The Hall–Kier alpha value is -0.0301. The van der Waals surface area contributed by atoms with Gasteiger partial charge in [0, 0.05) is 30.7 Å². The molecule has 0 aromatic carbocycles. The fourth-order valence-corrected chi connectivity index (χ4v) is 1.18. The summed E-state index contributed by atoms with van der Waals surface area (Å²) >= 11 is 0. The van der Waals surface area contributed by atoms with Gasteiger partial charge in [0.05, 0.1) is 6.61 Å². The fraction of sp³-hybridized carbons (Fsp3) is 1.00. The van der Waals surface area contributed by atoms with Gasteiger partial charge in [-0.15, -0.1) is 0 Å². The van der Waals surface area contributed by atoms with Crippen LogP contribution in [0.25, 0.3) is 0 Å². The van der Waals surface area contributed by atoms with Gasteiger partial charge in [-0.05, 0) is 0 Å². The van der Waals surface area contributed by atoms with Crippen molar-refractivity contribution in [2.24, 2.45) is 10.8 Å². The Balaban J connectivity index is 2.16. The van der Waals surface area contributed by atoms with Gasteiger partial charge in [-0.3, -0.25) is 0 Å². The van der Waals surface area contributed by atoms with Crippen molar-refractivity contribution in [3.8, 4) is 0 Å². The molecule has 0 amide bonds. The third kappa shape index (κ3) is 4.87. The highest BCUT2D eigenvalue weighted by molar-refractivity contribution is 7.02. The topological polar surface area (TPSA) is 47.9 Å². The Morgan fingerprint density at radius 1 is 1.38 bits per heavy atom. The van der Waals surface area contributed by atoms with E-state index in [-0.39, 0.29) is 24.4 Å². The lowest BCUT2D eigenvalue weighted by atomic mass is 9.55. The highest BCUT2D eigenvalue weighted by Gasteiger charge is 2.33. The standard InChI is InChI=1S/C10H21B2O4/c1-9(2,5-13)6-14-11-12-15-7-10(3,4)8-16-12/h13H,5-8H2,1-4H3. The molecule has 0 saturated carbocycles. The lowest BCUT2D eigenvalue weighted by molar-refractivity contribution is 0.0338. The smallest absolute Gasteiger partial charge is 0.438 e. The second-order valence-corrected chi connectivity index (χ2v) is 5.92. The second-order valence-electron chi connectivity index (χ2n) is 5.92. The minimum atomic E-state index is -0.387. The van der Waals surface area contributed by atoms with E-state index in [0.29, 0.717) is 19.8 Å². The van der Waals surface area contributed by atoms with Crippen molar-refractivity contribution in [1.82, 2.24) is 0 Å². The van der Waals surface area contributed by atoms with Crippen LogP contribution in [0.3, 0.4) is 0 Å². The maximum atomic E-state index is 9.04. The molecule has 0 bridgehead atoms. The molecule has 16 heavy (non-hydrogen) atoms. The molecular weight excluding hydrogens is 206 g/mol. The third-order valence-corrected chi connectivity index (χ3v) is 2.39. The lowest BCUT2D eigenvalue weighted by Crippen LogP contribution is -2.45. The summed E-state index contributed by atoms with van der Waals surface area (Å²) in [7, 11) is 1.18. The molecule has 91 valence electrons. The minimum Gasteiger partial charge on any atom is -0.442 e.